The molecule has 0 aliphatic carbocycles. The smallest absolute Gasteiger partial charge is 0.354 e. The molecule has 3 rings (SSSR count). The Labute approximate surface area is 186 Å². The quantitative estimate of drug-likeness (QED) is 0.348. The fourth-order valence-corrected chi connectivity index (χ4v) is 2.88. The number of aryl methyl sites for hydroxylation is 2. The van der Waals surface area contributed by atoms with Crippen LogP contribution in [0, 0.1) is 13.8 Å². The zero-order valence-corrected chi connectivity index (χ0v) is 18.4. The van der Waals surface area contributed by atoms with Crippen LogP contribution in [-0.4, -0.2) is 32.2 Å². The van der Waals surface area contributed by atoms with Crippen molar-refractivity contribution in [2.45, 2.75) is 26.8 Å². The molecule has 9 nitrogen and oxygen atoms in total. The van der Waals surface area contributed by atoms with Gasteiger partial charge in [0, 0.05) is 18.1 Å². The minimum atomic E-state index is -0.505. The lowest BCUT2D eigenvalue weighted by atomic mass is 10.2. The average molecular weight is 434 g/mol. The van der Waals surface area contributed by atoms with Gasteiger partial charge in [0.1, 0.15) is 30.2 Å². The van der Waals surface area contributed by atoms with Gasteiger partial charge in [-0.25, -0.2) is 14.8 Å². The molecular weight excluding hydrogens is 406 g/mol. The fourth-order valence-electron chi connectivity index (χ4n) is 2.88. The number of benzene rings is 1. The standard InChI is InChI=1S/C23H27N7O2/c1-15-5-7-19(8-6-15)25-11-9-17(3)32-13-16(2)28-22-21(18(4)26-14-27-22)30-12-10-20(24)29-23(30)31/h5-12,14,16,25H,3,13H2,1-2,4H3,(H2,24,29,31)(H,26,27,28)/b11-9-. The Morgan fingerprint density at radius 2 is 2.00 bits per heavy atom. The number of nitrogens with two attached hydrogens (primary N) is 1. The second kappa shape index (κ2) is 10.3. The number of nitrogens with zero attached hydrogens (tertiary/aromatic N) is 4. The van der Waals surface area contributed by atoms with E-state index in [1.165, 1.54) is 16.5 Å². The molecule has 0 bridgehead atoms. The number of nitrogen functional groups attached to an aromatic ring is 1. The highest BCUT2D eigenvalue weighted by atomic mass is 16.5. The second-order valence-electron chi connectivity index (χ2n) is 7.33. The van der Waals surface area contributed by atoms with Crippen LogP contribution >= 0.6 is 0 Å². The molecule has 0 spiro atoms. The van der Waals surface area contributed by atoms with Gasteiger partial charge in [-0.2, -0.15) is 4.98 Å². The van der Waals surface area contributed by atoms with Gasteiger partial charge in [-0.05, 0) is 45.0 Å². The summed E-state index contributed by atoms with van der Waals surface area (Å²) in [5, 5.41) is 6.43. The monoisotopic (exact) mass is 433 g/mol. The molecule has 1 unspecified atom stereocenters. The van der Waals surface area contributed by atoms with Crippen molar-refractivity contribution in [1.29, 1.82) is 0 Å². The van der Waals surface area contributed by atoms with E-state index in [1.807, 2.05) is 38.1 Å². The molecule has 0 saturated heterocycles. The maximum absolute atomic E-state index is 12.3. The molecule has 3 aromatic rings. The van der Waals surface area contributed by atoms with Crippen molar-refractivity contribution in [3.05, 3.63) is 89.2 Å². The van der Waals surface area contributed by atoms with Gasteiger partial charge >= 0.3 is 5.69 Å². The summed E-state index contributed by atoms with van der Waals surface area (Å²) in [4.78, 5) is 24.6. The topological polar surface area (TPSA) is 120 Å². The molecule has 1 atom stereocenters. The molecule has 0 fully saturated rings. The van der Waals surface area contributed by atoms with E-state index >= 15 is 0 Å². The Balaban J connectivity index is 1.60. The van der Waals surface area contributed by atoms with Crippen LogP contribution in [-0.2, 0) is 4.74 Å². The number of aromatic nitrogens is 4. The predicted molar refractivity (Wildman–Crippen MR) is 127 cm³/mol. The van der Waals surface area contributed by atoms with Crippen LogP contribution in [0.3, 0.4) is 0 Å². The summed E-state index contributed by atoms with van der Waals surface area (Å²) in [5.74, 6) is 1.15. The number of rotatable bonds is 9. The minimum absolute atomic E-state index is 0.129. The van der Waals surface area contributed by atoms with Crippen LogP contribution in [0.25, 0.3) is 5.69 Å². The first-order chi connectivity index (χ1) is 15.3. The van der Waals surface area contributed by atoms with E-state index in [2.05, 4.69) is 32.2 Å². The Morgan fingerprint density at radius 3 is 2.72 bits per heavy atom. The third kappa shape index (κ3) is 5.94. The van der Waals surface area contributed by atoms with Gasteiger partial charge in [0.15, 0.2) is 5.82 Å². The maximum atomic E-state index is 12.3. The largest absolute Gasteiger partial charge is 0.492 e. The SMILES string of the molecule is C=C(/C=C\Nc1ccc(C)cc1)OCC(C)Nc1ncnc(C)c1-n1ccc(N)nc1=O. The molecule has 0 aliphatic rings. The molecule has 0 radical (unpaired) electrons. The Hall–Kier alpha value is -4.14. The molecule has 4 N–H and O–H groups in total. The first-order valence-corrected chi connectivity index (χ1v) is 10.1. The molecule has 0 saturated carbocycles. The fraction of sp³-hybridized carbons (Fsp3) is 0.217. The molecule has 0 aliphatic heterocycles. The Kier molecular flexibility index (Phi) is 7.22. The van der Waals surface area contributed by atoms with E-state index in [1.54, 1.807) is 31.5 Å². The van der Waals surface area contributed by atoms with Gasteiger partial charge in [-0.1, -0.05) is 24.3 Å². The zero-order chi connectivity index (χ0) is 23.1. The van der Waals surface area contributed by atoms with Gasteiger partial charge in [0.2, 0.25) is 0 Å². The molecule has 9 heteroatoms. The molecule has 32 heavy (non-hydrogen) atoms. The van der Waals surface area contributed by atoms with Crippen molar-refractivity contribution in [3.63, 3.8) is 0 Å². The van der Waals surface area contributed by atoms with E-state index in [0.29, 0.717) is 29.6 Å². The van der Waals surface area contributed by atoms with E-state index in [0.717, 1.165) is 5.69 Å². The van der Waals surface area contributed by atoms with E-state index < -0.39 is 5.69 Å². The molecular formula is C23H27N7O2. The van der Waals surface area contributed by atoms with Crippen molar-refractivity contribution in [2.24, 2.45) is 0 Å². The van der Waals surface area contributed by atoms with Crippen LogP contribution in [0.2, 0.25) is 0 Å². The minimum Gasteiger partial charge on any atom is -0.492 e. The van der Waals surface area contributed by atoms with E-state index in [-0.39, 0.29) is 11.9 Å². The van der Waals surface area contributed by atoms with Crippen molar-refractivity contribution in [2.75, 3.05) is 23.0 Å². The summed E-state index contributed by atoms with van der Waals surface area (Å²) >= 11 is 0. The molecule has 2 heterocycles. The number of allylic oxidation sites excluding steroid dienone is 1. The first kappa shape index (κ1) is 22.5. The van der Waals surface area contributed by atoms with Crippen molar-refractivity contribution in [3.8, 4) is 5.69 Å². The van der Waals surface area contributed by atoms with E-state index in [4.69, 9.17) is 10.5 Å². The van der Waals surface area contributed by atoms with Gasteiger partial charge in [0.05, 0.1) is 11.7 Å². The van der Waals surface area contributed by atoms with Crippen LogP contribution in [0.15, 0.2) is 72.3 Å². The third-order valence-electron chi connectivity index (χ3n) is 4.54. The van der Waals surface area contributed by atoms with Crippen LogP contribution in [0.4, 0.5) is 17.3 Å². The molecule has 166 valence electrons. The maximum Gasteiger partial charge on any atom is 0.354 e. The summed E-state index contributed by atoms with van der Waals surface area (Å²) in [6.45, 7) is 10.0. The molecule has 0 amide bonds. The lowest BCUT2D eigenvalue weighted by molar-refractivity contribution is 0.216. The Bertz CT molecular complexity index is 1170. The van der Waals surface area contributed by atoms with Crippen LogP contribution < -0.4 is 22.1 Å². The summed E-state index contributed by atoms with van der Waals surface area (Å²) in [6.07, 6.45) is 6.52. The lowest BCUT2D eigenvalue weighted by Gasteiger charge is -2.19. The number of ether oxygens (including phenoxy) is 1. The summed E-state index contributed by atoms with van der Waals surface area (Å²) in [6, 6.07) is 9.48. The Morgan fingerprint density at radius 1 is 1.25 bits per heavy atom. The van der Waals surface area contributed by atoms with Gasteiger partial charge in [-0.15, -0.1) is 0 Å². The summed E-state index contributed by atoms with van der Waals surface area (Å²) in [5.41, 5.74) is 8.41. The number of anilines is 3. The predicted octanol–water partition coefficient (Wildman–Crippen LogP) is 3.18. The van der Waals surface area contributed by atoms with Crippen LogP contribution in [0.1, 0.15) is 18.2 Å². The van der Waals surface area contributed by atoms with Gasteiger partial charge in [0.25, 0.3) is 0 Å². The van der Waals surface area contributed by atoms with Crippen molar-refractivity contribution >= 4 is 17.3 Å². The highest BCUT2D eigenvalue weighted by molar-refractivity contribution is 5.58. The second-order valence-corrected chi connectivity index (χ2v) is 7.33. The highest BCUT2D eigenvalue weighted by Crippen LogP contribution is 2.19. The van der Waals surface area contributed by atoms with Crippen LogP contribution in [0.5, 0.6) is 0 Å². The normalized spacial score (nSPS) is 11.8. The number of nitrogens with one attached hydrogen (secondary N) is 2. The molecule has 2 aromatic heterocycles. The number of hydrogen-bond acceptors (Lipinski definition) is 8. The zero-order valence-electron chi connectivity index (χ0n) is 18.4. The first-order valence-electron chi connectivity index (χ1n) is 10.1. The van der Waals surface area contributed by atoms with Crippen molar-refractivity contribution < 1.29 is 4.74 Å². The summed E-state index contributed by atoms with van der Waals surface area (Å²) < 4.78 is 7.08. The molecule has 1 aromatic carbocycles. The van der Waals surface area contributed by atoms with Gasteiger partial charge in [-0.3, -0.25) is 4.57 Å². The van der Waals surface area contributed by atoms with E-state index in [9.17, 15) is 4.79 Å². The third-order valence-corrected chi connectivity index (χ3v) is 4.54. The lowest BCUT2D eigenvalue weighted by Crippen LogP contribution is -2.27. The number of hydrogen-bond donors (Lipinski definition) is 3. The van der Waals surface area contributed by atoms with Gasteiger partial charge < -0.3 is 21.1 Å². The summed E-state index contributed by atoms with van der Waals surface area (Å²) in [7, 11) is 0. The highest BCUT2D eigenvalue weighted by Gasteiger charge is 2.15. The average Bonchev–Trinajstić information content (AvgIpc) is 2.75. The van der Waals surface area contributed by atoms with Crippen molar-refractivity contribution in [1.82, 2.24) is 19.5 Å².